The molecule has 4 N–H and O–H groups in total. The first-order chi connectivity index (χ1) is 15.6. The van der Waals surface area contributed by atoms with Crippen molar-refractivity contribution >= 4 is 5.91 Å². The minimum Gasteiger partial charge on any atom is -0.390 e. The van der Waals surface area contributed by atoms with Gasteiger partial charge in [-0.3, -0.25) is 4.79 Å². The van der Waals surface area contributed by atoms with Crippen LogP contribution in [-0.2, 0) is 4.79 Å². The van der Waals surface area contributed by atoms with E-state index in [2.05, 4.69) is 24.4 Å². The molecule has 1 aliphatic rings. The van der Waals surface area contributed by atoms with Gasteiger partial charge in [-0.1, -0.05) is 91.3 Å². The van der Waals surface area contributed by atoms with Crippen LogP contribution in [0.25, 0.3) is 0 Å². The van der Waals surface area contributed by atoms with Crippen LogP contribution in [0.3, 0.4) is 0 Å². The molecule has 0 aromatic carbocycles. The number of hydrogen-bond acceptors (Lipinski definition) is 4. The Bertz CT molecular complexity index is 812. The number of aliphatic hydroxyl groups is 3. The molecule has 4 atom stereocenters. The summed E-state index contributed by atoms with van der Waals surface area (Å²) in [7, 11) is 0. The molecule has 0 aromatic heterocycles. The van der Waals surface area contributed by atoms with E-state index in [1.165, 1.54) is 12.2 Å². The van der Waals surface area contributed by atoms with Gasteiger partial charge < -0.3 is 20.6 Å². The highest BCUT2D eigenvalue weighted by Crippen LogP contribution is 2.21. The molecule has 1 amide bonds. The van der Waals surface area contributed by atoms with Crippen molar-refractivity contribution in [3.8, 4) is 0 Å². The van der Waals surface area contributed by atoms with Crippen LogP contribution in [0.5, 0.6) is 0 Å². The Morgan fingerprint density at radius 1 is 1.03 bits per heavy atom. The van der Waals surface area contributed by atoms with Gasteiger partial charge in [0.1, 0.15) is 12.2 Å². The van der Waals surface area contributed by atoms with Crippen LogP contribution >= 0.6 is 0 Å². The van der Waals surface area contributed by atoms with Crippen LogP contribution < -0.4 is 5.32 Å². The highest BCUT2D eigenvalue weighted by atomic mass is 16.3. The van der Waals surface area contributed by atoms with E-state index in [1.807, 2.05) is 26.0 Å². The fourth-order valence-corrected chi connectivity index (χ4v) is 3.32. The predicted octanol–water partition coefficient (Wildman–Crippen LogP) is 4.60. The molecule has 1 rings (SSSR count). The first-order valence-electron chi connectivity index (χ1n) is 11.7. The third kappa shape index (κ3) is 13.6. The van der Waals surface area contributed by atoms with Gasteiger partial charge in [-0.05, 0) is 46.5 Å². The zero-order chi connectivity index (χ0) is 24.7. The standard InChI is InChI=1S/C28H41NO4/c1-5-6-7-8-15-24-21-28(4,33)19-18-22(2)13-9-11-16-25(30)26(31)20-23(3)14-10-12-17-27(32)29-24/h7-14,16-18,20,24-26,30-31,33H,5-6,15,19,21H2,1-4H3,(H,29,32)/b8-7+,13-9+,14-10+,16-11-,17-12+,22-18+,23-20-. The summed E-state index contributed by atoms with van der Waals surface area (Å²) in [6.07, 6.45) is 22.6. The lowest BCUT2D eigenvalue weighted by Gasteiger charge is -2.28. The van der Waals surface area contributed by atoms with Crippen molar-refractivity contribution in [1.82, 2.24) is 5.32 Å². The van der Waals surface area contributed by atoms with Gasteiger partial charge in [0.15, 0.2) is 0 Å². The molecule has 1 aliphatic heterocycles. The van der Waals surface area contributed by atoms with E-state index in [0.717, 1.165) is 24.0 Å². The molecule has 1 heterocycles. The molecule has 0 fully saturated rings. The van der Waals surface area contributed by atoms with Crippen LogP contribution in [0, 0.1) is 0 Å². The molecule has 0 saturated heterocycles. The number of rotatable bonds is 4. The van der Waals surface area contributed by atoms with Crippen LogP contribution in [-0.4, -0.2) is 45.1 Å². The third-order valence-corrected chi connectivity index (χ3v) is 5.22. The molecule has 5 heteroatoms. The van der Waals surface area contributed by atoms with Crippen LogP contribution in [0.1, 0.15) is 59.8 Å². The number of carbonyl (C=O) groups is 1. The lowest BCUT2D eigenvalue weighted by Crippen LogP contribution is -2.40. The number of hydrogen-bond donors (Lipinski definition) is 4. The van der Waals surface area contributed by atoms with Gasteiger partial charge in [-0.25, -0.2) is 0 Å². The van der Waals surface area contributed by atoms with Gasteiger partial charge in [0.05, 0.1) is 5.60 Å². The predicted molar refractivity (Wildman–Crippen MR) is 137 cm³/mol. The van der Waals surface area contributed by atoms with E-state index in [0.29, 0.717) is 19.3 Å². The Morgan fingerprint density at radius 3 is 2.42 bits per heavy atom. The lowest BCUT2D eigenvalue weighted by molar-refractivity contribution is -0.117. The van der Waals surface area contributed by atoms with E-state index >= 15 is 0 Å². The summed E-state index contributed by atoms with van der Waals surface area (Å²) >= 11 is 0. The van der Waals surface area contributed by atoms with Gasteiger partial charge in [0.2, 0.25) is 5.91 Å². The van der Waals surface area contributed by atoms with Crippen molar-refractivity contribution < 1.29 is 20.1 Å². The maximum atomic E-state index is 12.4. The van der Waals surface area contributed by atoms with Gasteiger partial charge >= 0.3 is 0 Å². The van der Waals surface area contributed by atoms with Crippen molar-refractivity contribution in [2.75, 3.05) is 0 Å². The SMILES string of the molecule is CCC/C=C/CC1CC(C)(O)C/C=C(C)/C=C/C=C\C(O)C(O)\C=C(C)/C=C/C=C/C(=O)N1. The first kappa shape index (κ1) is 28.6. The number of carbonyl (C=O) groups excluding carboxylic acids is 1. The van der Waals surface area contributed by atoms with E-state index in [4.69, 9.17) is 0 Å². The average molecular weight is 456 g/mol. The maximum Gasteiger partial charge on any atom is 0.244 e. The topological polar surface area (TPSA) is 89.8 Å². The Kier molecular flexibility index (Phi) is 13.3. The second-order valence-corrected chi connectivity index (χ2v) is 8.91. The minimum atomic E-state index is -1.04. The molecule has 0 bridgehead atoms. The first-order valence-corrected chi connectivity index (χ1v) is 11.7. The van der Waals surface area contributed by atoms with E-state index in [9.17, 15) is 20.1 Å². The summed E-state index contributed by atoms with van der Waals surface area (Å²) in [4.78, 5) is 12.4. The van der Waals surface area contributed by atoms with E-state index < -0.39 is 17.8 Å². The fourth-order valence-electron chi connectivity index (χ4n) is 3.32. The average Bonchev–Trinajstić information content (AvgIpc) is 2.74. The molecular weight excluding hydrogens is 414 g/mol. The van der Waals surface area contributed by atoms with Crippen molar-refractivity contribution in [2.45, 2.75) is 83.6 Å². The number of amides is 1. The normalized spacial score (nSPS) is 35.5. The number of nitrogens with one attached hydrogen (secondary N) is 1. The van der Waals surface area contributed by atoms with Gasteiger partial charge in [-0.15, -0.1) is 0 Å². The third-order valence-electron chi connectivity index (χ3n) is 5.22. The monoisotopic (exact) mass is 455 g/mol. The molecule has 0 aliphatic carbocycles. The highest BCUT2D eigenvalue weighted by molar-refractivity contribution is 5.88. The van der Waals surface area contributed by atoms with Gasteiger partial charge in [0, 0.05) is 12.1 Å². The van der Waals surface area contributed by atoms with Crippen molar-refractivity contribution in [3.05, 3.63) is 84.1 Å². The number of unbranched alkanes of at least 4 members (excludes halogenated alkanes) is 1. The van der Waals surface area contributed by atoms with Gasteiger partial charge in [-0.2, -0.15) is 0 Å². The molecule has 0 aromatic rings. The Morgan fingerprint density at radius 2 is 1.70 bits per heavy atom. The maximum absolute atomic E-state index is 12.4. The largest absolute Gasteiger partial charge is 0.390 e. The molecule has 0 radical (unpaired) electrons. The minimum absolute atomic E-state index is 0.190. The summed E-state index contributed by atoms with van der Waals surface area (Å²) in [5.41, 5.74) is 0.754. The van der Waals surface area contributed by atoms with E-state index in [-0.39, 0.29) is 11.9 Å². The summed E-state index contributed by atoms with van der Waals surface area (Å²) in [5, 5.41) is 34.2. The summed E-state index contributed by atoms with van der Waals surface area (Å²) in [6, 6.07) is -0.190. The molecule has 33 heavy (non-hydrogen) atoms. The second-order valence-electron chi connectivity index (χ2n) is 8.91. The molecule has 5 nitrogen and oxygen atoms in total. The van der Waals surface area contributed by atoms with Crippen molar-refractivity contribution in [3.63, 3.8) is 0 Å². The lowest BCUT2D eigenvalue weighted by atomic mass is 9.91. The van der Waals surface area contributed by atoms with Crippen molar-refractivity contribution in [1.29, 1.82) is 0 Å². The van der Waals surface area contributed by atoms with Crippen molar-refractivity contribution in [2.24, 2.45) is 0 Å². The Labute approximate surface area is 199 Å². The molecular formula is C28H41NO4. The summed E-state index contributed by atoms with van der Waals surface area (Å²) < 4.78 is 0. The second kappa shape index (κ2) is 15.4. The van der Waals surface area contributed by atoms with Crippen LogP contribution in [0.2, 0.25) is 0 Å². The zero-order valence-electron chi connectivity index (χ0n) is 20.4. The smallest absolute Gasteiger partial charge is 0.244 e. The molecule has 4 unspecified atom stereocenters. The van der Waals surface area contributed by atoms with Crippen LogP contribution in [0.15, 0.2) is 84.1 Å². The van der Waals surface area contributed by atoms with E-state index in [1.54, 1.807) is 43.4 Å². The molecule has 0 saturated carbocycles. The molecule has 182 valence electrons. The number of allylic oxidation sites excluding steroid dienone is 9. The fraction of sp³-hybridized carbons (Fsp3) is 0.464. The summed E-state index contributed by atoms with van der Waals surface area (Å²) in [6.45, 7) is 7.65. The molecule has 0 spiro atoms. The highest BCUT2D eigenvalue weighted by Gasteiger charge is 2.24. The quantitative estimate of drug-likeness (QED) is 0.466. The zero-order valence-corrected chi connectivity index (χ0v) is 20.4. The van der Waals surface area contributed by atoms with Gasteiger partial charge in [0.25, 0.3) is 0 Å². The number of aliphatic hydroxyl groups excluding tert-OH is 2. The summed E-state index contributed by atoms with van der Waals surface area (Å²) in [5.74, 6) is -0.226. The van der Waals surface area contributed by atoms with Crippen LogP contribution in [0.4, 0.5) is 0 Å². The Hall–Kier alpha value is -2.47. The Balaban J connectivity index is 3.12.